The number of nitrogens with zero attached hydrogens (tertiary/aromatic N) is 2. The normalized spacial score (nSPS) is 20.7. The summed E-state index contributed by atoms with van der Waals surface area (Å²) in [5.41, 5.74) is 0. The third-order valence-electron chi connectivity index (χ3n) is 4.35. The van der Waals surface area contributed by atoms with Crippen molar-refractivity contribution in [2.24, 2.45) is 4.99 Å². The number of hydrogen-bond acceptors (Lipinski definition) is 3. The van der Waals surface area contributed by atoms with Gasteiger partial charge in [-0.05, 0) is 65.0 Å². The molecule has 1 saturated heterocycles. The quantitative estimate of drug-likeness (QED) is 0.241. The molecule has 1 heterocycles. The number of hydrogen-bond donors (Lipinski definition) is 2. The van der Waals surface area contributed by atoms with Gasteiger partial charge in [0.05, 0.1) is 6.54 Å². The van der Waals surface area contributed by atoms with E-state index in [1.807, 2.05) is 11.8 Å². The largest absolute Gasteiger partial charge is 0.357 e. The SMILES string of the molecule is CCNC(=NCC(C)N1CCCCC1C)NCCCCSC.I. The second-order valence-electron chi connectivity index (χ2n) is 6.28. The van der Waals surface area contributed by atoms with Crippen LogP contribution in [-0.2, 0) is 0 Å². The lowest BCUT2D eigenvalue weighted by molar-refractivity contribution is 0.118. The summed E-state index contributed by atoms with van der Waals surface area (Å²) in [5.74, 6) is 2.22. The molecule has 0 amide bonds. The van der Waals surface area contributed by atoms with Gasteiger partial charge in [0.15, 0.2) is 5.96 Å². The zero-order valence-corrected chi connectivity index (χ0v) is 18.6. The van der Waals surface area contributed by atoms with Crippen LogP contribution in [0.15, 0.2) is 4.99 Å². The fourth-order valence-corrected chi connectivity index (χ4v) is 3.52. The van der Waals surface area contributed by atoms with Gasteiger partial charge in [-0.1, -0.05) is 6.42 Å². The summed E-state index contributed by atoms with van der Waals surface area (Å²) in [7, 11) is 0. The van der Waals surface area contributed by atoms with Crippen LogP contribution in [0.25, 0.3) is 0 Å². The molecule has 4 nitrogen and oxygen atoms in total. The van der Waals surface area contributed by atoms with Gasteiger partial charge in [-0.3, -0.25) is 9.89 Å². The zero-order valence-electron chi connectivity index (χ0n) is 15.4. The lowest BCUT2D eigenvalue weighted by atomic mass is 10.0. The Morgan fingerprint density at radius 3 is 2.74 bits per heavy atom. The molecule has 1 aliphatic heterocycles. The molecule has 0 aromatic rings. The van der Waals surface area contributed by atoms with Gasteiger partial charge in [-0.25, -0.2) is 0 Å². The highest BCUT2D eigenvalue weighted by atomic mass is 127. The molecule has 1 rings (SSSR count). The first-order valence-electron chi connectivity index (χ1n) is 8.95. The van der Waals surface area contributed by atoms with E-state index >= 15 is 0 Å². The Hall–Kier alpha value is 0.310. The Balaban J connectivity index is 0.00000484. The first-order valence-corrected chi connectivity index (χ1v) is 10.3. The van der Waals surface area contributed by atoms with E-state index in [1.54, 1.807) is 0 Å². The van der Waals surface area contributed by atoms with Gasteiger partial charge < -0.3 is 10.6 Å². The minimum absolute atomic E-state index is 0. The van der Waals surface area contributed by atoms with Crippen LogP contribution in [0.4, 0.5) is 0 Å². The molecule has 2 unspecified atom stereocenters. The molecule has 0 aromatic carbocycles. The molecule has 2 atom stereocenters. The average molecular weight is 456 g/mol. The molecule has 1 aliphatic rings. The van der Waals surface area contributed by atoms with Gasteiger partial charge >= 0.3 is 0 Å². The van der Waals surface area contributed by atoms with Crippen molar-refractivity contribution in [3.8, 4) is 0 Å². The van der Waals surface area contributed by atoms with Crippen molar-refractivity contribution in [2.45, 2.75) is 65.0 Å². The van der Waals surface area contributed by atoms with Crippen LogP contribution in [0.3, 0.4) is 0 Å². The highest BCUT2D eigenvalue weighted by molar-refractivity contribution is 14.0. The first kappa shape index (κ1) is 23.3. The highest BCUT2D eigenvalue weighted by Crippen LogP contribution is 2.19. The van der Waals surface area contributed by atoms with Crippen LogP contribution in [0.1, 0.15) is 52.9 Å². The topological polar surface area (TPSA) is 39.7 Å². The lowest BCUT2D eigenvalue weighted by Crippen LogP contribution is -2.45. The first-order chi connectivity index (χ1) is 10.7. The maximum absolute atomic E-state index is 4.79. The molecule has 6 heteroatoms. The van der Waals surface area contributed by atoms with Gasteiger partial charge in [-0.2, -0.15) is 11.8 Å². The van der Waals surface area contributed by atoms with Crippen LogP contribution in [-0.4, -0.2) is 61.1 Å². The van der Waals surface area contributed by atoms with Gasteiger partial charge in [0, 0.05) is 25.2 Å². The number of unbranched alkanes of at least 4 members (excludes halogenated alkanes) is 1. The van der Waals surface area contributed by atoms with Gasteiger partial charge in [0.1, 0.15) is 0 Å². The van der Waals surface area contributed by atoms with Crippen molar-refractivity contribution in [3.63, 3.8) is 0 Å². The van der Waals surface area contributed by atoms with Crippen LogP contribution < -0.4 is 10.6 Å². The number of piperidine rings is 1. The predicted molar refractivity (Wildman–Crippen MR) is 116 cm³/mol. The number of rotatable bonds is 9. The van der Waals surface area contributed by atoms with Crippen molar-refractivity contribution in [3.05, 3.63) is 0 Å². The van der Waals surface area contributed by atoms with E-state index in [9.17, 15) is 0 Å². The Kier molecular flexibility index (Phi) is 14.8. The Labute approximate surface area is 165 Å². The van der Waals surface area contributed by atoms with Gasteiger partial charge in [0.2, 0.25) is 0 Å². The number of halogens is 1. The molecule has 138 valence electrons. The summed E-state index contributed by atoms with van der Waals surface area (Å²) in [5, 5.41) is 6.82. The molecule has 0 bridgehead atoms. The van der Waals surface area contributed by atoms with Crippen molar-refractivity contribution in [2.75, 3.05) is 38.2 Å². The van der Waals surface area contributed by atoms with E-state index in [4.69, 9.17) is 4.99 Å². The van der Waals surface area contributed by atoms with Crippen LogP contribution in [0.2, 0.25) is 0 Å². The van der Waals surface area contributed by atoms with E-state index in [-0.39, 0.29) is 24.0 Å². The summed E-state index contributed by atoms with van der Waals surface area (Å²) < 4.78 is 0. The van der Waals surface area contributed by atoms with Crippen molar-refractivity contribution < 1.29 is 0 Å². The Morgan fingerprint density at radius 1 is 1.30 bits per heavy atom. The molecular formula is C17H37IN4S. The van der Waals surface area contributed by atoms with Gasteiger partial charge in [0.25, 0.3) is 0 Å². The number of thioether (sulfide) groups is 1. The second kappa shape index (κ2) is 14.6. The smallest absolute Gasteiger partial charge is 0.191 e. The van der Waals surface area contributed by atoms with Crippen molar-refractivity contribution in [1.82, 2.24) is 15.5 Å². The number of likely N-dealkylation sites (tertiary alicyclic amines) is 1. The van der Waals surface area contributed by atoms with Gasteiger partial charge in [-0.15, -0.1) is 24.0 Å². The summed E-state index contributed by atoms with van der Waals surface area (Å²) in [4.78, 5) is 7.41. The number of guanidine groups is 1. The fraction of sp³-hybridized carbons (Fsp3) is 0.941. The van der Waals surface area contributed by atoms with Crippen molar-refractivity contribution >= 4 is 41.7 Å². The third kappa shape index (κ3) is 10.0. The molecule has 0 saturated carbocycles. The van der Waals surface area contributed by atoms with E-state index in [0.29, 0.717) is 12.1 Å². The monoisotopic (exact) mass is 456 g/mol. The van der Waals surface area contributed by atoms with E-state index in [0.717, 1.165) is 25.6 Å². The summed E-state index contributed by atoms with van der Waals surface area (Å²) >= 11 is 1.92. The summed E-state index contributed by atoms with van der Waals surface area (Å²) in [6.07, 6.45) is 8.71. The molecule has 2 N–H and O–H groups in total. The minimum atomic E-state index is 0. The Morgan fingerprint density at radius 2 is 2.09 bits per heavy atom. The molecule has 0 radical (unpaired) electrons. The zero-order chi connectivity index (χ0) is 16.2. The second-order valence-corrected chi connectivity index (χ2v) is 7.26. The molecule has 0 spiro atoms. The molecule has 0 aliphatic carbocycles. The number of aliphatic imine (C=N–C) groups is 1. The maximum Gasteiger partial charge on any atom is 0.191 e. The third-order valence-corrected chi connectivity index (χ3v) is 5.04. The van der Waals surface area contributed by atoms with E-state index in [1.165, 1.54) is 44.4 Å². The number of nitrogens with one attached hydrogen (secondary N) is 2. The van der Waals surface area contributed by atoms with E-state index in [2.05, 4.69) is 42.6 Å². The van der Waals surface area contributed by atoms with Crippen LogP contribution >= 0.6 is 35.7 Å². The summed E-state index contributed by atoms with van der Waals surface area (Å²) in [6, 6.07) is 1.24. The Bertz CT molecular complexity index is 315. The molecular weight excluding hydrogens is 419 g/mol. The summed E-state index contributed by atoms with van der Waals surface area (Å²) in [6.45, 7) is 10.8. The van der Waals surface area contributed by atoms with E-state index < -0.39 is 0 Å². The predicted octanol–water partition coefficient (Wildman–Crippen LogP) is 3.57. The maximum atomic E-state index is 4.79. The lowest BCUT2D eigenvalue weighted by Gasteiger charge is -2.37. The molecule has 1 fully saturated rings. The standard InChI is InChI=1S/C17H36N4S.HI/c1-5-18-17(19-11-7-9-13-22-4)20-14-16(3)21-12-8-6-10-15(21)2;/h15-16H,5-14H2,1-4H3,(H2,18,19,20);1H. The minimum Gasteiger partial charge on any atom is -0.357 e. The van der Waals surface area contributed by atoms with Crippen LogP contribution in [0, 0.1) is 0 Å². The van der Waals surface area contributed by atoms with Crippen LogP contribution in [0.5, 0.6) is 0 Å². The molecule has 23 heavy (non-hydrogen) atoms. The average Bonchev–Trinajstić information content (AvgIpc) is 2.52. The molecule has 0 aromatic heterocycles. The fourth-order valence-electron chi connectivity index (χ4n) is 3.02. The highest BCUT2D eigenvalue weighted by Gasteiger charge is 2.22. The van der Waals surface area contributed by atoms with Crippen molar-refractivity contribution in [1.29, 1.82) is 0 Å².